The van der Waals surface area contributed by atoms with Gasteiger partial charge in [-0.3, -0.25) is 4.79 Å². The van der Waals surface area contributed by atoms with Gasteiger partial charge in [0, 0.05) is 42.5 Å². The molecule has 1 amide bonds. The van der Waals surface area contributed by atoms with Gasteiger partial charge in [-0.25, -0.2) is 19.9 Å². The number of nitrogen functional groups attached to an aromatic ring is 1. The molecule has 9 nitrogen and oxygen atoms in total. The van der Waals surface area contributed by atoms with Crippen LogP contribution in [0.2, 0.25) is 10.3 Å². The number of carbonyl (C=O) groups excluding carboxylic acids is 1. The highest BCUT2D eigenvalue weighted by molar-refractivity contribution is 7.22. The summed E-state index contributed by atoms with van der Waals surface area (Å²) >= 11 is 15.2. The van der Waals surface area contributed by atoms with Gasteiger partial charge in [0.15, 0.2) is 20.6 Å². The molecule has 0 spiro atoms. The Hall–Kier alpha value is -4.03. The minimum Gasteiger partial charge on any atom is -0.380 e. The number of rotatable bonds is 7. The van der Waals surface area contributed by atoms with Crippen molar-refractivity contribution < 1.29 is 4.79 Å². The zero-order valence-electron chi connectivity index (χ0n) is 25.3. The number of pyridine rings is 2. The smallest absolute Gasteiger partial charge is 0.223 e. The van der Waals surface area contributed by atoms with E-state index >= 15 is 0 Å². The van der Waals surface area contributed by atoms with Gasteiger partial charge in [0.1, 0.15) is 0 Å². The van der Waals surface area contributed by atoms with Crippen molar-refractivity contribution in [1.82, 2.24) is 19.9 Å². The van der Waals surface area contributed by atoms with Gasteiger partial charge in [-0.2, -0.15) is 0 Å². The molecule has 45 heavy (non-hydrogen) atoms. The molecule has 0 unspecified atom stereocenters. The monoisotopic (exact) mass is 678 g/mol. The number of hydrogen-bond donors (Lipinski definition) is 4. The van der Waals surface area contributed by atoms with E-state index in [-0.39, 0.29) is 11.9 Å². The highest BCUT2D eigenvalue weighted by Crippen LogP contribution is 2.34. The van der Waals surface area contributed by atoms with Gasteiger partial charge in [-0.1, -0.05) is 58.0 Å². The van der Waals surface area contributed by atoms with Crippen LogP contribution >= 0.6 is 45.9 Å². The Morgan fingerprint density at radius 3 is 1.71 bits per heavy atom. The first-order valence-corrected chi connectivity index (χ1v) is 16.5. The number of benzene rings is 2. The molecule has 0 atom stereocenters. The number of thiazole rings is 2. The van der Waals surface area contributed by atoms with Crippen molar-refractivity contribution in [2.45, 2.75) is 46.7 Å². The lowest BCUT2D eigenvalue weighted by atomic mass is 10.1. The van der Waals surface area contributed by atoms with Crippen molar-refractivity contribution in [1.29, 1.82) is 0 Å². The zero-order chi connectivity index (χ0) is 32.2. The maximum Gasteiger partial charge on any atom is 0.223 e. The largest absolute Gasteiger partial charge is 0.380 e. The first-order valence-electron chi connectivity index (χ1n) is 14.1. The molecule has 0 aliphatic carbocycles. The van der Waals surface area contributed by atoms with Crippen LogP contribution in [-0.4, -0.2) is 37.9 Å². The standard InChI is InChI=1S/C17H17ClN4OS.C15H15ClN4S/c1-9(2)20-14-6-12(8-19-16(14)18)11-4-5-13-15(7-11)24-17(22-13)21-10(3)23;1-8(2)19-12-5-10(7-18-14(12)16)9-3-4-11-13(6-9)21-15(17)20-11/h4-9,20H,1-3H3,(H,21,22,23);3-8,19H,1-2H3,(H2,17,20). The molecule has 0 saturated carbocycles. The molecule has 4 aromatic heterocycles. The first kappa shape index (κ1) is 32.4. The minimum atomic E-state index is -0.124. The molecule has 232 valence electrons. The van der Waals surface area contributed by atoms with Crippen molar-refractivity contribution in [3.8, 4) is 22.3 Å². The van der Waals surface area contributed by atoms with Gasteiger partial charge in [-0.05, 0) is 75.2 Å². The lowest BCUT2D eigenvalue weighted by molar-refractivity contribution is -0.114. The average Bonchev–Trinajstić information content (AvgIpc) is 3.55. The van der Waals surface area contributed by atoms with Gasteiger partial charge < -0.3 is 21.7 Å². The van der Waals surface area contributed by atoms with Crippen molar-refractivity contribution in [2.75, 3.05) is 21.7 Å². The number of fused-ring (bicyclic) bond motifs is 2. The fourth-order valence-electron chi connectivity index (χ4n) is 4.47. The molecule has 0 fully saturated rings. The van der Waals surface area contributed by atoms with Gasteiger partial charge in [0.25, 0.3) is 0 Å². The average molecular weight is 680 g/mol. The van der Waals surface area contributed by atoms with E-state index in [9.17, 15) is 4.79 Å². The summed E-state index contributed by atoms with van der Waals surface area (Å²) in [6.45, 7) is 9.70. The van der Waals surface area contributed by atoms with E-state index in [0.717, 1.165) is 54.1 Å². The lowest BCUT2D eigenvalue weighted by Gasteiger charge is -2.12. The summed E-state index contributed by atoms with van der Waals surface area (Å²) < 4.78 is 2.07. The molecule has 0 bridgehead atoms. The number of nitrogens with two attached hydrogens (primary N) is 1. The fraction of sp³-hybridized carbons (Fsp3) is 0.219. The summed E-state index contributed by atoms with van der Waals surface area (Å²) in [4.78, 5) is 28.4. The van der Waals surface area contributed by atoms with E-state index in [1.165, 1.54) is 29.6 Å². The molecular weight excluding hydrogens is 647 g/mol. The van der Waals surface area contributed by atoms with E-state index in [1.54, 1.807) is 12.4 Å². The highest BCUT2D eigenvalue weighted by atomic mass is 35.5. The molecule has 6 aromatic rings. The molecule has 0 radical (unpaired) electrons. The maximum absolute atomic E-state index is 11.2. The van der Waals surface area contributed by atoms with Crippen LogP contribution in [0, 0.1) is 0 Å². The van der Waals surface area contributed by atoms with Crippen LogP contribution < -0.4 is 21.7 Å². The first-order chi connectivity index (χ1) is 21.4. The fourth-order valence-corrected chi connectivity index (χ4v) is 6.51. The van der Waals surface area contributed by atoms with Crippen molar-refractivity contribution in [3.05, 3.63) is 71.2 Å². The molecular formula is C32H32Cl2N8OS2. The second-order valence-electron chi connectivity index (χ2n) is 10.8. The third-order valence-electron chi connectivity index (χ3n) is 6.31. The molecule has 2 aromatic carbocycles. The summed E-state index contributed by atoms with van der Waals surface area (Å²) in [5, 5.41) is 11.4. The summed E-state index contributed by atoms with van der Waals surface area (Å²) in [6, 6.07) is 16.6. The molecule has 5 N–H and O–H groups in total. The van der Waals surface area contributed by atoms with Crippen LogP contribution in [0.1, 0.15) is 34.6 Å². The van der Waals surface area contributed by atoms with Gasteiger partial charge >= 0.3 is 0 Å². The predicted octanol–water partition coefficient (Wildman–Crippen LogP) is 9.20. The summed E-state index contributed by atoms with van der Waals surface area (Å²) in [5.74, 6) is -0.124. The number of halogens is 2. The van der Waals surface area contributed by atoms with E-state index in [2.05, 4.69) is 69.6 Å². The maximum atomic E-state index is 11.2. The number of hydrogen-bond acceptors (Lipinski definition) is 10. The minimum absolute atomic E-state index is 0.124. The lowest BCUT2D eigenvalue weighted by Crippen LogP contribution is -2.10. The summed E-state index contributed by atoms with van der Waals surface area (Å²) in [6.07, 6.45) is 3.53. The number of carbonyl (C=O) groups is 1. The normalized spacial score (nSPS) is 11.1. The zero-order valence-corrected chi connectivity index (χ0v) is 28.4. The number of nitrogens with zero attached hydrogens (tertiary/aromatic N) is 4. The van der Waals surface area contributed by atoms with Crippen LogP contribution in [0.25, 0.3) is 42.7 Å². The topological polar surface area (TPSA) is 131 Å². The Bertz CT molecular complexity index is 1990. The van der Waals surface area contributed by atoms with E-state index in [4.69, 9.17) is 28.9 Å². The summed E-state index contributed by atoms with van der Waals surface area (Å²) in [7, 11) is 0. The van der Waals surface area contributed by atoms with Crippen molar-refractivity contribution in [3.63, 3.8) is 0 Å². The Morgan fingerprint density at radius 1 is 0.733 bits per heavy atom. The third kappa shape index (κ3) is 8.17. The molecule has 0 saturated heterocycles. The summed E-state index contributed by atoms with van der Waals surface area (Å²) in [5.41, 5.74) is 13.3. The van der Waals surface area contributed by atoms with Gasteiger partial charge in [-0.15, -0.1) is 0 Å². The van der Waals surface area contributed by atoms with Crippen LogP contribution in [0.15, 0.2) is 60.9 Å². The SMILES string of the molecule is CC(=O)Nc1nc2ccc(-c3cnc(Cl)c(NC(C)C)c3)cc2s1.CC(C)Nc1cc(-c2ccc3nc(N)sc3c2)cnc1Cl. The Morgan fingerprint density at radius 2 is 1.22 bits per heavy atom. The van der Waals surface area contributed by atoms with Gasteiger partial charge in [0.05, 0.1) is 31.8 Å². The van der Waals surface area contributed by atoms with Crippen molar-refractivity contribution >= 4 is 93.9 Å². The second-order valence-corrected chi connectivity index (χ2v) is 13.6. The van der Waals surface area contributed by atoms with Crippen LogP contribution in [0.5, 0.6) is 0 Å². The molecule has 6 rings (SSSR count). The molecule has 4 heterocycles. The van der Waals surface area contributed by atoms with E-state index in [0.29, 0.717) is 26.6 Å². The Kier molecular flexibility index (Phi) is 10.0. The molecule has 0 aliphatic rings. The van der Waals surface area contributed by atoms with Crippen LogP contribution in [0.3, 0.4) is 0 Å². The van der Waals surface area contributed by atoms with Gasteiger partial charge in [0.2, 0.25) is 5.91 Å². The van der Waals surface area contributed by atoms with Crippen molar-refractivity contribution in [2.24, 2.45) is 0 Å². The van der Waals surface area contributed by atoms with Crippen LogP contribution in [0.4, 0.5) is 21.6 Å². The predicted molar refractivity (Wildman–Crippen MR) is 192 cm³/mol. The Balaban J connectivity index is 0.000000179. The third-order valence-corrected chi connectivity index (χ3v) is 8.69. The van der Waals surface area contributed by atoms with E-state index < -0.39 is 0 Å². The highest BCUT2D eigenvalue weighted by Gasteiger charge is 2.11. The number of anilines is 4. The number of amides is 1. The molecule has 13 heteroatoms. The van der Waals surface area contributed by atoms with Crippen LogP contribution in [-0.2, 0) is 4.79 Å². The quantitative estimate of drug-likeness (QED) is 0.123. The molecule has 0 aliphatic heterocycles. The number of nitrogens with one attached hydrogen (secondary N) is 3. The number of aromatic nitrogens is 4. The Labute approximate surface area is 279 Å². The van der Waals surface area contributed by atoms with E-state index in [1.807, 2.05) is 42.5 Å². The second kappa shape index (κ2) is 13.9.